The Balaban J connectivity index is 1.77. The summed E-state index contributed by atoms with van der Waals surface area (Å²) in [5.41, 5.74) is 5.30. The molecule has 0 bridgehead atoms. The lowest BCUT2D eigenvalue weighted by molar-refractivity contribution is -0.384. The minimum absolute atomic E-state index is 0.0571. The van der Waals surface area contributed by atoms with Gasteiger partial charge in [-0.05, 0) is 50.2 Å². The summed E-state index contributed by atoms with van der Waals surface area (Å²) in [6, 6.07) is 19.3. The van der Waals surface area contributed by atoms with Crippen LogP contribution in [-0.2, 0) is 0 Å². The zero-order chi connectivity index (χ0) is 24.9. The predicted molar refractivity (Wildman–Crippen MR) is 132 cm³/mol. The number of anilines is 1. The van der Waals surface area contributed by atoms with Crippen molar-refractivity contribution in [1.82, 2.24) is 14.9 Å². The minimum Gasteiger partial charge on any atom is -0.507 e. The highest BCUT2D eigenvalue weighted by Gasteiger charge is 2.17. The van der Waals surface area contributed by atoms with Crippen molar-refractivity contribution in [3.63, 3.8) is 0 Å². The molecule has 35 heavy (non-hydrogen) atoms. The van der Waals surface area contributed by atoms with Gasteiger partial charge in [-0.1, -0.05) is 24.3 Å². The van der Waals surface area contributed by atoms with Crippen LogP contribution in [0, 0.1) is 10.1 Å². The molecule has 0 fully saturated rings. The topological polar surface area (TPSA) is 151 Å². The first kappa shape index (κ1) is 23.1. The Morgan fingerprint density at radius 1 is 0.886 bits per heavy atom. The molecule has 0 aliphatic carbocycles. The molecule has 0 amide bonds. The van der Waals surface area contributed by atoms with E-state index in [1.807, 2.05) is 0 Å². The van der Waals surface area contributed by atoms with Crippen LogP contribution in [0.5, 0.6) is 11.5 Å². The number of phenolic OH excluding ortho intramolecular Hbond substituents is 2. The molecule has 4 aromatic rings. The van der Waals surface area contributed by atoms with Crippen molar-refractivity contribution in [1.29, 1.82) is 0 Å². The lowest BCUT2D eigenvalue weighted by Crippen LogP contribution is -2.07. The number of hydrogen-bond donors (Lipinski definition) is 3. The highest BCUT2D eigenvalue weighted by molar-refractivity contribution is 6.02. The quantitative estimate of drug-likeness (QED) is 0.206. The molecule has 0 saturated heterocycles. The largest absolute Gasteiger partial charge is 0.507 e. The number of nitrogens with one attached hydrogen (secondary N) is 1. The van der Waals surface area contributed by atoms with Gasteiger partial charge < -0.3 is 10.2 Å². The van der Waals surface area contributed by atoms with Gasteiger partial charge in [0.05, 0.1) is 16.3 Å². The fourth-order valence-corrected chi connectivity index (χ4v) is 3.31. The van der Waals surface area contributed by atoms with E-state index in [-0.39, 0.29) is 23.1 Å². The maximum atomic E-state index is 11.0. The Bertz CT molecular complexity index is 1440. The molecule has 3 N–H and O–H groups in total. The lowest BCUT2D eigenvalue weighted by Gasteiger charge is -2.09. The van der Waals surface area contributed by atoms with Crippen molar-refractivity contribution in [2.45, 2.75) is 13.8 Å². The zero-order valence-electron chi connectivity index (χ0n) is 18.8. The summed E-state index contributed by atoms with van der Waals surface area (Å²) >= 11 is 0. The normalized spacial score (nSPS) is 11.9. The van der Waals surface area contributed by atoms with Crippen LogP contribution in [-0.4, -0.2) is 41.4 Å². The molecule has 0 saturated carbocycles. The number of hydrogen-bond acceptors (Lipinski definition) is 9. The molecular formula is C24H21N7O4. The van der Waals surface area contributed by atoms with Gasteiger partial charge in [-0.25, -0.2) is 5.43 Å². The van der Waals surface area contributed by atoms with Crippen LogP contribution in [0.15, 0.2) is 83.0 Å². The van der Waals surface area contributed by atoms with Gasteiger partial charge in [-0.15, -0.1) is 10.2 Å². The molecule has 1 heterocycles. The molecule has 0 aliphatic rings. The molecule has 176 valence electrons. The van der Waals surface area contributed by atoms with Gasteiger partial charge in [0.15, 0.2) is 5.82 Å². The Hall–Kier alpha value is -5.06. The van der Waals surface area contributed by atoms with E-state index in [0.717, 1.165) is 0 Å². The molecular weight excluding hydrogens is 450 g/mol. The average Bonchev–Trinajstić information content (AvgIpc) is 3.25. The number of benzene rings is 3. The van der Waals surface area contributed by atoms with Crippen LogP contribution < -0.4 is 5.43 Å². The monoisotopic (exact) mass is 471 g/mol. The molecule has 11 heteroatoms. The van der Waals surface area contributed by atoms with E-state index >= 15 is 0 Å². The summed E-state index contributed by atoms with van der Waals surface area (Å²) in [6.45, 7) is 3.44. The van der Waals surface area contributed by atoms with Gasteiger partial charge >= 0.3 is 0 Å². The number of rotatable bonds is 7. The van der Waals surface area contributed by atoms with Crippen LogP contribution in [0.2, 0.25) is 0 Å². The second-order valence-electron chi connectivity index (χ2n) is 7.49. The highest BCUT2D eigenvalue weighted by Crippen LogP contribution is 2.25. The predicted octanol–water partition coefficient (Wildman–Crippen LogP) is 4.37. The fraction of sp³-hybridized carbons (Fsp3) is 0.0833. The second kappa shape index (κ2) is 9.83. The van der Waals surface area contributed by atoms with E-state index in [9.17, 15) is 20.3 Å². The summed E-state index contributed by atoms with van der Waals surface area (Å²) < 4.78 is 1.39. The number of nitro benzene ring substituents is 1. The van der Waals surface area contributed by atoms with Crippen LogP contribution in [0.25, 0.3) is 11.4 Å². The maximum absolute atomic E-state index is 11.0. The van der Waals surface area contributed by atoms with E-state index in [4.69, 9.17) is 0 Å². The summed E-state index contributed by atoms with van der Waals surface area (Å²) in [4.78, 5) is 10.5. The average molecular weight is 471 g/mol. The smallest absolute Gasteiger partial charge is 0.269 e. The molecule has 3 aromatic carbocycles. The first-order valence-corrected chi connectivity index (χ1v) is 10.5. The third-order valence-electron chi connectivity index (χ3n) is 5.14. The Morgan fingerprint density at radius 3 is 2.03 bits per heavy atom. The molecule has 11 nitrogen and oxygen atoms in total. The molecule has 0 unspecified atom stereocenters. The van der Waals surface area contributed by atoms with Gasteiger partial charge in [-0.3, -0.25) is 10.1 Å². The van der Waals surface area contributed by atoms with Crippen LogP contribution in [0.4, 0.5) is 11.6 Å². The Morgan fingerprint density at radius 2 is 1.46 bits per heavy atom. The second-order valence-corrected chi connectivity index (χ2v) is 7.49. The van der Waals surface area contributed by atoms with E-state index in [1.165, 1.54) is 16.8 Å². The molecule has 0 atom stereocenters. The Labute approximate surface area is 199 Å². The van der Waals surface area contributed by atoms with Gasteiger partial charge in [0.2, 0.25) is 0 Å². The lowest BCUT2D eigenvalue weighted by atomic mass is 10.1. The molecule has 4 rings (SSSR count). The van der Waals surface area contributed by atoms with Crippen molar-refractivity contribution in [2.24, 2.45) is 10.2 Å². The highest BCUT2D eigenvalue weighted by atomic mass is 16.6. The maximum Gasteiger partial charge on any atom is 0.269 e. The third kappa shape index (κ3) is 4.98. The van der Waals surface area contributed by atoms with Gasteiger partial charge in [-0.2, -0.15) is 14.9 Å². The molecule has 0 radical (unpaired) electrons. The van der Waals surface area contributed by atoms with Crippen LogP contribution in [0.3, 0.4) is 0 Å². The van der Waals surface area contributed by atoms with Crippen molar-refractivity contribution >= 4 is 23.1 Å². The first-order chi connectivity index (χ1) is 16.8. The summed E-state index contributed by atoms with van der Waals surface area (Å²) in [5.74, 6) is 0.592. The number of nitrogens with zero attached hydrogens (tertiary/aromatic N) is 6. The number of aromatic hydroxyl groups is 2. The number of nitro groups is 1. The molecule has 0 aliphatic heterocycles. The molecule has 0 spiro atoms. The molecule has 1 aromatic heterocycles. The van der Waals surface area contributed by atoms with Crippen LogP contribution >= 0.6 is 0 Å². The third-order valence-corrected chi connectivity index (χ3v) is 5.14. The van der Waals surface area contributed by atoms with Crippen molar-refractivity contribution in [2.75, 3.05) is 5.43 Å². The van der Waals surface area contributed by atoms with Crippen LogP contribution in [0.1, 0.15) is 25.0 Å². The summed E-state index contributed by atoms with van der Waals surface area (Å²) in [6.07, 6.45) is 0. The van der Waals surface area contributed by atoms with Crippen molar-refractivity contribution < 1.29 is 15.1 Å². The number of para-hydroxylation sites is 2. The number of non-ortho nitro benzene ring substituents is 1. The van der Waals surface area contributed by atoms with E-state index in [1.54, 1.807) is 74.5 Å². The van der Waals surface area contributed by atoms with Gasteiger partial charge in [0.1, 0.15) is 11.5 Å². The van der Waals surface area contributed by atoms with E-state index in [2.05, 4.69) is 25.8 Å². The van der Waals surface area contributed by atoms with Gasteiger partial charge in [0, 0.05) is 28.8 Å². The first-order valence-electron chi connectivity index (χ1n) is 10.5. The number of phenols is 2. The SMILES string of the molecule is C/C(=N\Nc1nnc(-c2ccc([N+](=O)[O-])cc2)n1/N=C(\C)c1ccccc1O)c1ccccc1O. The zero-order valence-corrected chi connectivity index (χ0v) is 18.8. The fourth-order valence-electron chi connectivity index (χ4n) is 3.31. The Kier molecular flexibility index (Phi) is 6.49. The number of aromatic nitrogens is 3. The van der Waals surface area contributed by atoms with Crippen molar-refractivity contribution in [3.8, 4) is 22.9 Å². The summed E-state index contributed by atoms with van der Waals surface area (Å²) in [5, 5.41) is 48.6. The summed E-state index contributed by atoms with van der Waals surface area (Å²) in [7, 11) is 0. The minimum atomic E-state index is -0.488. The van der Waals surface area contributed by atoms with E-state index < -0.39 is 4.92 Å². The number of hydrazone groups is 1. The van der Waals surface area contributed by atoms with Crippen molar-refractivity contribution in [3.05, 3.63) is 94.0 Å². The van der Waals surface area contributed by atoms with E-state index in [0.29, 0.717) is 33.9 Å². The standard InChI is InChI=1S/C24H21N7O4/c1-15(19-7-3-5-9-21(19)32)25-27-24-28-26-23(17-11-13-18(14-12-17)31(34)35)30(24)29-16(2)20-8-4-6-10-22(20)33/h3-14,32-33H,1-2H3,(H,27,28)/b25-15+,29-16+. The van der Waals surface area contributed by atoms with Gasteiger partial charge in [0.25, 0.3) is 11.6 Å².